The maximum absolute atomic E-state index is 12.3. The van der Waals surface area contributed by atoms with E-state index >= 15 is 0 Å². The Kier molecular flexibility index (Phi) is 5.35. The topological polar surface area (TPSA) is 85.4 Å². The van der Waals surface area contributed by atoms with Crippen LogP contribution in [0.4, 0.5) is 11.5 Å². The van der Waals surface area contributed by atoms with Crippen LogP contribution < -0.4 is 20.1 Å². The number of nitrogens with one attached hydrogen (secondary N) is 2. The summed E-state index contributed by atoms with van der Waals surface area (Å²) in [7, 11) is 3.09. The molecule has 0 aliphatic heterocycles. The van der Waals surface area contributed by atoms with Crippen molar-refractivity contribution in [2.45, 2.75) is 19.9 Å². The summed E-state index contributed by atoms with van der Waals surface area (Å²) in [5.74, 6) is 1.39. The fourth-order valence-electron chi connectivity index (χ4n) is 1.91. The smallest absolute Gasteiger partial charge is 0.275 e. The van der Waals surface area contributed by atoms with E-state index in [1.165, 1.54) is 19.5 Å². The minimum atomic E-state index is -0.375. The average Bonchev–Trinajstić information content (AvgIpc) is 2.54. The molecule has 0 aliphatic rings. The molecule has 2 aromatic rings. The van der Waals surface area contributed by atoms with Gasteiger partial charge in [0.25, 0.3) is 5.91 Å². The molecule has 1 amide bonds. The first-order chi connectivity index (χ1) is 11.0. The SMILES string of the molecule is COc1ccc(OC)c(NC(=O)c2cnc(NC(C)C)cn2)c1. The molecule has 0 unspecified atom stereocenters. The lowest BCUT2D eigenvalue weighted by Crippen LogP contribution is -2.16. The molecule has 0 atom stereocenters. The second-order valence-corrected chi connectivity index (χ2v) is 5.11. The quantitative estimate of drug-likeness (QED) is 0.852. The first kappa shape index (κ1) is 16.5. The van der Waals surface area contributed by atoms with Gasteiger partial charge in [0.05, 0.1) is 32.3 Å². The van der Waals surface area contributed by atoms with E-state index in [1.54, 1.807) is 25.3 Å². The van der Waals surface area contributed by atoms with E-state index in [0.717, 1.165) is 0 Å². The Labute approximate surface area is 135 Å². The summed E-state index contributed by atoms with van der Waals surface area (Å²) in [4.78, 5) is 20.6. The first-order valence-corrected chi connectivity index (χ1v) is 7.15. The van der Waals surface area contributed by atoms with Crippen LogP contribution in [0.3, 0.4) is 0 Å². The molecule has 2 rings (SSSR count). The number of nitrogens with zero attached hydrogens (tertiary/aromatic N) is 2. The average molecular weight is 316 g/mol. The van der Waals surface area contributed by atoms with Gasteiger partial charge in [0.2, 0.25) is 0 Å². The van der Waals surface area contributed by atoms with Gasteiger partial charge < -0.3 is 20.1 Å². The van der Waals surface area contributed by atoms with Gasteiger partial charge in [-0.1, -0.05) is 0 Å². The minimum Gasteiger partial charge on any atom is -0.497 e. The zero-order valence-electron chi connectivity index (χ0n) is 13.6. The molecule has 1 aromatic carbocycles. The zero-order valence-corrected chi connectivity index (χ0v) is 13.6. The highest BCUT2D eigenvalue weighted by molar-refractivity contribution is 6.03. The van der Waals surface area contributed by atoms with E-state index in [4.69, 9.17) is 9.47 Å². The number of carbonyl (C=O) groups is 1. The number of anilines is 2. The van der Waals surface area contributed by atoms with Gasteiger partial charge in [-0.05, 0) is 26.0 Å². The third-order valence-corrected chi connectivity index (χ3v) is 2.98. The molecule has 0 saturated carbocycles. The molecular formula is C16H20N4O3. The van der Waals surface area contributed by atoms with Crippen molar-refractivity contribution in [3.05, 3.63) is 36.3 Å². The van der Waals surface area contributed by atoms with Gasteiger partial charge in [-0.2, -0.15) is 0 Å². The third-order valence-electron chi connectivity index (χ3n) is 2.98. The molecule has 1 aromatic heterocycles. The Morgan fingerprint density at radius 2 is 1.91 bits per heavy atom. The number of benzene rings is 1. The zero-order chi connectivity index (χ0) is 16.8. The van der Waals surface area contributed by atoms with Gasteiger partial charge >= 0.3 is 0 Å². The van der Waals surface area contributed by atoms with Gasteiger partial charge in [0.15, 0.2) is 0 Å². The number of aromatic nitrogens is 2. The molecule has 0 bridgehead atoms. The van der Waals surface area contributed by atoms with E-state index in [9.17, 15) is 4.79 Å². The van der Waals surface area contributed by atoms with Crippen molar-refractivity contribution in [1.29, 1.82) is 0 Å². The minimum absolute atomic E-state index is 0.212. The molecule has 122 valence electrons. The predicted molar refractivity (Wildman–Crippen MR) is 88.3 cm³/mol. The van der Waals surface area contributed by atoms with Crippen molar-refractivity contribution in [2.24, 2.45) is 0 Å². The maximum atomic E-state index is 12.3. The highest BCUT2D eigenvalue weighted by Gasteiger charge is 2.12. The van der Waals surface area contributed by atoms with Crippen molar-refractivity contribution in [2.75, 3.05) is 24.9 Å². The Hall–Kier alpha value is -2.83. The van der Waals surface area contributed by atoms with Gasteiger partial charge in [0.1, 0.15) is 23.0 Å². The van der Waals surface area contributed by atoms with Crippen LogP contribution >= 0.6 is 0 Å². The number of hydrogen-bond donors (Lipinski definition) is 2. The monoisotopic (exact) mass is 316 g/mol. The van der Waals surface area contributed by atoms with Gasteiger partial charge in [-0.25, -0.2) is 9.97 Å². The van der Waals surface area contributed by atoms with Crippen molar-refractivity contribution < 1.29 is 14.3 Å². The van der Waals surface area contributed by atoms with E-state index < -0.39 is 0 Å². The van der Waals surface area contributed by atoms with Crippen LogP contribution in [-0.4, -0.2) is 36.1 Å². The number of carbonyl (C=O) groups excluding carboxylic acids is 1. The lowest BCUT2D eigenvalue weighted by atomic mass is 10.2. The van der Waals surface area contributed by atoms with Crippen LogP contribution in [-0.2, 0) is 0 Å². The summed E-state index contributed by atoms with van der Waals surface area (Å²) in [6.07, 6.45) is 2.95. The van der Waals surface area contributed by atoms with Crippen LogP contribution in [0, 0.1) is 0 Å². The number of ether oxygens (including phenoxy) is 2. The normalized spacial score (nSPS) is 10.3. The lowest BCUT2D eigenvalue weighted by Gasteiger charge is -2.12. The molecule has 7 nitrogen and oxygen atoms in total. The van der Waals surface area contributed by atoms with E-state index in [-0.39, 0.29) is 17.6 Å². The molecule has 0 saturated heterocycles. The summed E-state index contributed by atoms with van der Waals surface area (Å²) in [5, 5.41) is 5.86. The predicted octanol–water partition coefficient (Wildman–Crippen LogP) is 2.57. The Bertz CT molecular complexity index is 672. The number of amides is 1. The van der Waals surface area contributed by atoms with Gasteiger partial charge in [0, 0.05) is 12.1 Å². The lowest BCUT2D eigenvalue weighted by molar-refractivity contribution is 0.102. The highest BCUT2D eigenvalue weighted by Crippen LogP contribution is 2.29. The molecular weight excluding hydrogens is 296 g/mol. The van der Waals surface area contributed by atoms with Crippen LogP contribution in [0.25, 0.3) is 0 Å². The molecule has 0 radical (unpaired) electrons. The molecule has 7 heteroatoms. The Balaban J connectivity index is 2.15. The van der Waals surface area contributed by atoms with E-state index in [1.807, 2.05) is 13.8 Å². The fraction of sp³-hybridized carbons (Fsp3) is 0.312. The van der Waals surface area contributed by atoms with Crippen LogP contribution in [0.15, 0.2) is 30.6 Å². The Morgan fingerprint density at radius 1 is 1.13 bits per heavy atom. The summed E-state index contributed by atoms with van der Waals surface area (Å²) in [6, 6.07) is 5.39. The van der Waals surface area contributed by atoms with Gasteiger partial charge in [-0.3, -0.25) is 4.79 Å². The molecule has 0 fully saturated rings. The largest absolute Gasteiger partial charge is 0.497 e. The first-order valence-electron chi connectivity index (χ1n) is 7.15. The fourth-order valence-corrected chi connectivity index (χ4v) is 1.91. The van der Waals surface area contributed by atoms with Crippen molar-refractivity contribution in [3.63, 3.8) is 0 Å². The summed E-state index contributed by atoms with van der Waals surface area (Å²) in [6.45, 7) is 3.99. The summed E-state index contributed by atoms with van der Waals surface area (Å²) in [5.41, 5.74) is 0.715. The molecule has 1 heterocycles. The summed E-state index contributed by atoms with van der Waals surface area (Å²) >= 11 is 0. The molecule has 23 heavy (non-hydrogen) atoms. The molecule has 0 spiro atoms. The number of hydrogen-bond acceptors (Lipinski definition) is 6. The molecule has 0 aliphatic carbocycles. The van der Waals surface area contributed by atoms with Gasteiger partial charge in [-0.15, -0.1) is 0 Å². The standard InChI is InChI=1S/C16H20N4O3/c1-10(2)19-15-9-17-13(8-18-15)16(21)20-12-7-11(22-3)5-6-14(12)23-4/h5-10H,1-4H3,(H,18,19)(H,20,21). The van der Waals surface area contributed by atoms with E-state index in [0.29, 0.717) is 23.0 Å². The maximum Gasteiger partial charge on any atom is 0.275 e. The van der Waals surface area contributed by atoms with Crippen LogP contribution in [0.5, 0.6) is 11.5 Å². The summed E-state index contributed by atoms with van der Waals surface area (Å²) < 4.78 is 10.4. The number of methoxy groups -OCH3 is 2. The van der Waals surface area contributed by atoms with Crippen LogP contribution in [0.1, 0.15) is 24.3 Å². The molecule has 2 N–H and O–H groups in total. The van der Waals surface area contributed by atoms with Crippen LogP contribution in [0.2, 0.25) is 0 Å². The van der Waals surface area contributed by atoms with Crippen molar-refractivity contribution in [1.82, 2.24) is 9.97 Å². The second kappa shape index (κ2) is 7.44. The number of rotatable bonds is 6. The third kappa shape index (κ3) is 4.32. The second-order valence-electron chi connectivity index (χ2n) is 5.11. The Morgan fingerprint density at radius 3 is 2.48 bits per heavy atom. The van der Waals surface area contributed by atoms with Crippen molar-refractivity contribution in [3.8, 4) is 11.5 Å². The highest BCUT2D eigenvalue weighted by atomic mass is 16.5. The van der Waals surface area contributed by atoms with E-state index in [2.05, 4.69) is 20.6 Å². The van der Waals surface area contributed by atoms with Crippen molar-refractivity contribution >= 4 is 17.4 Å².